The van der Waals surface area contributed by atoms with Crippen LogP contribution in [0, 0.1) is 0 Å². The number of halogens is 2. The quantitative estimate of drug-likeness (QED) is 0.357. The van der Waals surface area contributed by atoms with Gasteiger partial charge in [-0.25, -0.2) is 0 Å². The SMILES string of the molecule is COc1ccc(N=CC2=C(N(B(F)F)c3ccc(OC)cc3)c3ccccc3OC2)cc1. The molecule has 4 rings (SSSR count). The molecule has 0 bridgehead atoms. The fraction of sp³-hybridized carbons (Fsp3) is 0.125. The predicted molar refractivity (Wildman–Crippen MR) is 123 cm³/mol. The lowest BCUT2D eigenvalue weighted by molar-refractivity contribution is 0.352. The molecule has 1 aliphatic heterocycles. The van der Waals surface area contributed by atoms with Gasteiger partial charge in [-0.3, -0.25) is 13.6 Å². The highest BCUT2D eigenvalue weighted by atomic mass is 19.2. The highest BCUT2D eigenvalue weighted by Gasteiger charge is 2.34. The van der Waals surface area contributed by atoms with Gasteiger partial charge in [0.05, 0.1) is 25.6 Å². The number of aliphatic imine (C=N–C) groups is 1. The van der Waals surface area contributed by atoms with Gasteiger partial charge in [-0.05, 0) is 60.7 Å². The van der Waals surface area contributed by atoms with Crippen LogP contribution in [-0.4, -0.2) is 34.4 Å². The van der Waals surface area contributed by atoms with Gasteiger partial charge in [0.25, 0.3) is 0 Å². The van der Waals surface area contributed by atoms with E-state index < -0.39 is 7.40 Å². The second kappa shape index (κ2) is 9.55. The number of nitrogens with zero attached hydrogens (tertiary/aromatic N) is 2. The molecule has 0 saturated carbocycles. The molecular formula is C24H21BF2N2O3. The summed E-state index contributed by atoms with van der Waals surface area (Å²) in [6, 6.07) is 20.8. The Morgan fingerprint density at radius 1 is 0.906 bits per heavy atom. The molecule has 0 N–H and O–H groups in total. The van der Waals surface area contributed by atoms with E-state index in [2.05, 4.69) is 4.99 Å². The topological polar surface area (TPSA) is 43.3 Å². The van der Waals surface area contributed by atoms with Gasteiger partial charge < -0.3 is 19.0 Å². The number of para-hydroxylation sites is 1. The second-order valence-corrected chi connectivity index (χ2v) is 6.96. The van der Waals surface area contributed by atoms with Crippen LogP contribution < -0.4 is 19.0 Å². The van der Waals surface area contributed by atoms with Crippen molar-refractivity contribution in [2.24, 2.45) is 4.99 Å². The van der Waals surface area contributed by atoms with Crippen LogP contribution in [0.3, 0.4) is 0 Å². The van der Waals surface area contributed by atoms with Gasteiger partial charge in [0.1, 0.15) is 23.9 Å². The number of hydrogen-bond donors (Lipinski definition) is 0. The highest BCUT2D eigenvalue weighted by molar-refractivity contribution is 6.52. The molecule has 32 heavy (non-hydrogen) atoms. The van der Waals surface area contributed by atoms with Crippen LogP contribution in [0.2, 0.25) is 0 Å². The average Bonchev–Trinajstić information content (AvgIpc) is 2.84. The van der Waals surface area contributed by atoms with Crippen LogP contribution in [-0.2, 0) is 0 Å². The fourth-order valence-electron chi connectivity index (χ4n) is 3.47. The number of methoxy groups -OCH3 is 2. The first-order valence-electron chi connectivity index (χ1n) is 9.95. The Labute approximate surface area is 185 Å². The highest BCUT2D eigenvalue weighted by Crippen LogP contribution is 2.38. The molecule has 8 heteroatoms. The number of anilines is 1. The molecule has 162 valence electrons. The maximum atomic E-state index is 14.4. The van der Waals surface area contributed by atoms with E-state index in [4.69, 9.17) is 14.2 Å². The Balaban J connectivity index is 1.81. The van der Waals surface area contributed by atoms with Crippen molar-refractivity contribution in [3.05, 3.63) is 83.9 Å². The maximum Gasteiger partial charge on any atom is 0.678 e. The zero-order valence-corrected chi connectivity index (χ0v) is 17.7. The Kier molecular flexibility index (Phi) is 6.40. The molecular weight excluding hydrogens is 413 g/mol. The summed E-state index contributed by atoms with van der Waals surface area (Å²) < 4.78 is 45.0. The van der Waals surface area contributed by atoms with Gasteiger partial charge in [-0.1, -0.05) is 12.1 Å². The van der Waals surface area contributed by atoms with Crippen LogP contribution in [0.15, 0.2) is 83.4 Å². The summed E-state index contributed by atoms with van der Waals surface area (Å²) in [5.74, 6) is 1.84. The average molecular weight is 434 g/mol. The smallest absolute Gasteiger partial charge is 0.497 e. The van der Waals surface area contributed by atoms with Crippen molar-refractivity contribution in [3.63, 3.8) is 0 Å². The van der Waals surface area contributed by atoms with Gasteiger partial charge in [-0.15, -0.1) is 0 Å². The zero-order valence-electron chi connectivity index (χ0n) is 17.7. The lowest BCUT2D eigenvalue weighted by Gasteiger charge is -2.31. The van der Waals surface area contributed by atoms with Crippen molar-refractivity contribution in [2.45, 2.75) is 0 Å². The molecule has 0 radical (unpaired) electrons. The summed E-state index contributed by atoms with van der Waals surface area (Å²) in [5.41, 5.74) is 2.47. The van der Waals surface area contributed by atoms with Gasteiger partial charge in [0.15, 0.2) is 0 Å². The van der Waals surface area contributed by atoms with Crippen LogP contribution in [0.1, 0.15) is 5.56 Å². The van der Waals surface area contributed by atoms with Gasteiger partial charge in [-0.2, -0.15) is 0 Å². The molecule has 0 fully saturated rings. The largest absolute Gasteiger partial charge is 0.678 e. The Morgan fingerprint density at radius 2 is 1.53 bits per heavy atom. The van der Waals surface area contributed by atoms with Crippen LogP contribution in [0.25, 0.3) is 5.70 Å². The fourth-order valence-corrected chi connectivity index (χ4v) is 3.47. The number of benzene rings is 3. The molecule has 0 amide bonds. The van der Waals surface area contributed by atoms with Gasteiger partial charge in [0, 0.05) is 23.0 Å². The number of fused-ring (bicyclic) bond motifs is 1. The lowest BCUT2D eigenvalue weighted by Crippen LogP contribution is -2.34. The summed E-state index contributed by atoms with van der Waals surface area (Å²) in [7, 11) is 0.337. The first-order chi connectivity index (χ1) is 15.6. The predicted octanol–water partition coefficient (Wildman–Crippen LogP) is 5.64. The summed E-state index contributed by atoms with van der Waals surface area (Å²) in [5, 5.41) is 0. The van der Waals surface area contributed by atoms with Crippen molar-refractivity contribution in [2.75, 3.05) is 25.6 Å². The summed E-state index contributed by atoms with van der Waals surface area (Å²) in [6.45, 7) is 0.116. The monoisotopic (exact) mass is 434 g/mol. The molecule has 5 nitrogen and oxygen atoms in total. The van der Waals surface area contributed by atoms with Gasteiger partial charge >= 0.3 is 7.40 Å². The minimum atomic E-state index is -2.78. The van der Waals surface area contributed by atoms with E-state index in [1.165, 1.54) is 7.11 Å². The molecule has 0 saturated heterocycles. The van der Waals surface area contributed by atoms with Crippen molar-refractivity contribution < 1.29 is 22.8 Å². The number of hydrogen-bond acceptors (Lipinski definition) is 5. The Morgan fingerprint density at radius 3 is 2.16 bits per heavy atom. The van der Waals surface area contributed by atoms with Gasteiger partial charge in [0.2, 0.25) is 0 Å². The van der Waals surface area contributed by atoms with E-state index in [1.807, 2.05) is 6.07 Å². The van der Waals surface area contributed by atoms with Crippen LogP contribution >= 0.6 is 0 Å². The molecule has 0 aromatic heterocycles. The molecule has 3 aromatic carbocycles. The standard InChI is InChI=1S/C24H21BF2N2O3/c1-30-20-11-7-18(8-12-20)28-15-17-16-32-23-6-4-3-5-22(23)24(17)29(25(26)27)19-9-13-21(31-2)14-10-19/h3-15H,16H2,1-2H3. The van der Waals surface area contributed by atoms with Crippen molar-refractivity contribution in [1.29, 1.82) is 0 Å². The summed E-state index contributed by atoms with van der Waals surface area (Å²) >= 11 is 0. The van der Waals surface area contributed by atoms with E-state index in [0.29, 0.717) is 45.5 Å². The first-order valence-corrected chi connectivity index (χ1v) is 9.95. The first kappa shape index (κ1) is 21.4. The zero-order chi connectivity index (χ0) is 22.5. The lowest BCUT2D eigenvalue weighted by atomic mass is 9.96. The molecule has 1 aliphatic rings. The van der Waals surface area contributed by atoms with Crippen LogP contribution in [0.5, 0.6) is 17.2 Å². The second-order valence-electron chi connectivity index (χ2n) is 6.96. The molecule has 3 aromatic rings. The third-order valence-electron chi connectivity index (χ3n) is 5.06. The third kappa shape index (κ3) is 4.44. The normalized spacial score (nSPS) is 12.9. The minimum Gasteiger partial charge on any atom is -0.497 e. The number of rotatable bonds is 7. The molecule has 1 heterocycles. The van der Waals surface area contributed by atoms with Crippen molar-refractivity contribution in [3.8, 4) is 17.2 Å². The molecule has 0 unspecified atom stereocenters. The minimum absolute atomic E-state index is 0.116. The summed E-state index contributed by atoms with van der Waals surface area (Å²) in [4.78, 5) is 5.48. The van der Waals surface area contributed by atoms with E-state index in [1.54, 1.807) is 80.1 Å². The Hall–Kier alpha value is -3.81. The van der Waals surface area contributed by atoms with Crippen LogP contribution in [0.4, 0.5) is 20.0 Å². The molecule has 0 atom stereocenters. The summed E-state index contributed by atoms with van der Waals surface area (Å²) in [6.07, 6.45) is 1.58. The third-order valence-corrected chi connectivity index (χ3v) is 5.06. The van der Waals surface area contributed by atoms with E-state index >= 15 is 0 Å². The van der Waals surface area contributed by atoms with Crippen molar-refractivity contribution in [1.82, 2.24) is 0 Å². The number of ether oxygens (including phenoxy) is 3. The molecule has 0 spiro atoms. The van der Waals surface area contributed by atoms with E-state index in [9.17, 15) is 8.63 Å². The van der Waals surface area contributed by atoms with Crippen molar-refractivity contribution >= 4 is 30.7 Å². The van der Waals surface area contributed by atoms with E-state index in [-0.39, 0.29) is 6.61 Å². The Bertz CT molecular complexity index is 1130. The molecule has 0 aliphatic carbocycles. The van der Waals surface area contributed by atoms with E-state index in [0.717, 1.165) is 4.81 Å². The maximum absolute atomic E-state index is 14.4.